The van der Waals surface area contributed by atoms with Gasteiger partial charge in [0.1, 0.15) is 5.75 Å². The lowest BCUT2D eigenvalue weighted by molar-refractivity contribution is -0.135. The average Bonchev–Trinajstić information content (AvgIpc) is 2.09. The third-order valence-corrected chi connectivity index (χ3v) is 1.88. The molecule has 1 rings (SSSR count). The van der Waals surface area contributed by atoms with E-state index in [2.05, 4.69) is 0 Å². The molecule has 74 valence electrons. The van der Waals surface area contributed by atoms with E-state index in [0.29, 0.717) is 5.56 Å². The molecule has 1 aromatic rings. The van der Waals surface area contributed by atoms with E-state index >= 15 is 0 Å². The fourth-order valence-electron chi connectivity index (χ4n) is 1.16. The van der Waals surface area contributed by atoms with E-state index in [0.717, 1.165) is 5.56 Å². The largest absolute Gasteiger partial charge is 0.507 e. The Hall–Kier alpha value is -1.77. The zero-order chi connectivity index (χ0) is 10.6. The second kappa shape index (κ2) is 4.46. The van der Waals surface area contributed by atoms with Gasteiger partial charge in [0.2, 0.25) is 0 Å². The molecule has 0 aromatic heterocycles. The summed E-state index contributed by atoms with van der Waals surface area (Å²) in [7, 11) is 0. The van der Waals surface area contributed by atoms with E-state index in [1.807, 2.05) is 13.0 Å². The first-order valence-electron chi connectivity index (χ1n) is 4.28. The molecule has 0 unspecified atom stereocenters. The van der Waals surface area contributed by atoms with E-state index in [1.165, 1.54) is 6.08 Å². The molecule has 3 heteroatoms. The lowest BCUT2D eigenvalue weighted by Crippen LogP contribution is -1.90. The standard InChI is InChI=1S/C11H12O3/c1-8-4-2-6-10(12)9(8)5-3-7-11(13)14/h2-6,12H,7H2,1H3,(H,13,14). The van der Waals surface area contributed by atoms with Gasteiger partial charge >= 0.3 is 5.97 Å². The van der Waals surface area contributed by atoms with Crippen LogP contribution in [0.1, 0.15) is 17.5 Å². The van der Waals surface area contributed by atoms with Crippen LogP contribution in [0.3, 0.4) is 0 Å². The molecule has 0 saturated heterocycles. The summed E-state index contributed by atoms with van der Waals surface area (Å²) < 4.78 is 0. The summed E-state index contributed by atoms with van der Waals surface area (Å²) in [6, 6.07) is 5.19. The zero-order valence-electron chi connectivity index (χ0n) is 7.90. The van der Waals surface area contributed by atoms with Gasteiger partial charge in [-0.05, 0) is 18.6 Å². The van der Waals surface area contributed by atoms with Crippen molar-refractivity contribution in [3.63, 3.8) is 0 Å². The van der Waals surface area contributed by atoms with Crippen molar-refractivity contribution in [1.82, 2.24) is 0 Å². The molecule has 0 atom stereocenters. The summed E-state index contributed by atoms with van der Waals surface area (Å²) in [4.78, 5) is 10.2. The van der Waals surface area contributed by atoms with Gasteiger partial charge in [-0.15, -0.1) is 0 Å². The van der Waals surface area contributed by atoms with Crippen LogP contribution in [0.4, 0.5) is 0 Å². The Kier molecular flexibility index (Phi) is 3.29. The smallest absolute Gasteiger partial charge is 0.307 e. The lowest BCUT2D eigenvalue weighted by atomic mass is 10.1. The summed E-state index contributed by atoms with van der Waals surface area (Å²) >= 11 is 0. The van der Waals surface area contributed by atoms with Gasteiger partial charge in [0.05, 0.1) is 6.42 Å². The third-order valence-electron chi connectivity index (χ3n) is 1.88. The van der Waals surface area contributed by atoms with Crippen LogP contribution in [0.25, 0.3) is 6.08 Å². The highest BCUT2D eigenvalue weighted by atomic mass is 16.4. The SMILES string of the molecule is Cc1cccc(O)c1C=CCC(=O)O. The third kappa shape index (κ3) is 2.62. The molecule has 2 N–H and O–H groups in total. The monoisotopic (exact) mass is 192 g/mol. The maximum atomic E-state index is 10.2. The number of carbonyl (C=O) groups is 1. The Morgan fingerprint density at radius 1 is 1.50 bits per heavy atom. The van der Waals surface area contributed by atoms with Gasteiger partial charge in [-0.2, -0.15) is 0 Å². The minimum absolute atomic E-state index is 0.0340. The van der Waals surface area contributed by atoms with E-state index < -0.39 is 5.97 Å². The van der Waals surface area contributed by atoms with Crippen molar-refractivity contribution in [2.75, 3.05) is 0 Å². The van der Waals surface area contributed by atoms with Crippen molar-refractivity contribution in [3.8, 4) is 5.75 Å². The fourth-order valence-corrected chi connectivity index (χ4v) is 1.16. The van der Waals surface area contributed by atoms with Gasteiger partial charge in [0, 0.05) is 5.56 Å². The number of hydrogen-bond donors (Lipinski definition) is 2. The molecular formula is C11H12O3. The molecule has 0 heterocycles. The van der Waals surface area contributed by atoms with Gasteiger partial charge in [0.15, 0.2) is 0 Å². The Balaban J connectivity index is 2.85. The maximum absolute atomic E-state index is 10.2. The number of aryl methyl sites for hydroxylation is 1. The molecule has 0 fully saturated rings. The van der Waals surface area contributed by atoms with Gasteiger partial charge in [-0.25, -0.2) is 0 Å². The van der Waals surface area contributed by atoms with Crippen LogP contribution in [-0.4, -0.2) is 16.2 Å². The topological polar surface area (TPSA) is 57.5 Å². The highest BCUT2D eigenvalue weighted by molar-refractivity contribution is 5.71. The van der Waals surface area contributed by atoms with Crippen molar-refractivity contribution in [1.29, 1.82) is 0 Å². The molecule has 0 bridgehead atoms. The Morgan fingerprint density at radius 3 is 2.79 bits per heavy atom. The van der Waals surface area contributed by atoms with Crippen LogP contribution in [-0.2, 0) is 4.79 Å². The molecule has 0 radical (unpaired) electrons. The molecule has 0 aliphatic carbocycles. The van der Waals surface area contributed by atoms with Gasteiger partial charge in [0.25, 0.3) is 0 Å². The first-order chi connectivity index (χ1) is 6.61. The number of phenols is 1. The predicted molar refractivity (Wildman–Crippen MR) is 54.1 cm³/mol. The van der Waals surface area contributed by atoms with Crippen LogP contribution < -0.4 is 0 Å². The first kappa shape index (κ1) is 10.3. The quantitative estimate of drug-likeness (QED) is 0.771. The van der Waals surface area contributed by atoms with Gasteiger partial charge in [-0.3, -0.25) is 4.79 Å². The summed E-state index contributed by atoms with van der Waals surface area (Å²) in [6.45, 7) is 1.86. The second-order valence-corrected chi connectivity index (χ2v) is 3.01. The summed E-state index contributed by atoms with van der Waals surface area (Å²) in [5, 5.41) is 17.9. The van der Waals surface area contributed by atoms with Crippen molar-refractivity contribution in [2.24, 2.45) is 0 Å². The van der Waals surface area contributed by atoms with Gasteiger partial charge < -0.3 is 10.2 Å². The van der Waals surface area contributed by atoms with E-state index in [4.69, 9.17) is 5.11 Å². The average molecular weight is 192 g/mol. The van der Waals surface area contributed by atoms with Crippen LogP contribution >= 0.6 is 0 Å². The minimum atomic E-state index is -0.880. The zero-order valence-corrected chi connectivity index (χ0v) is 7.90. The number of phenolic OH excluding ortho intramolecular Hbond substituents is 1. The maximum Gasteiger partial charge on any atom is 0.307 e. The molecule has 0 spiro atoms. The summed E-state index contributed by atoms with van der Waals surface area (Å²) in [6.07, 6.45) is 3.11. The van der Waals surface area contributed by atoms with Crippen molar-refractivity contribution in [2.45, 2.75) is 13.3 Å². The van der Waals surface area contributed by atoms with Crippen molar-refractivity contribution < 1.29 is 15.0 Å². The molecule has 0 amide bonds. The second-order valence-electron chi connectivity index (χ2n) is 3.01. The van der Waals surface area contributed by atoms with Crippen LogP contribution in [0.2, 0.25) is 0 Å². The summed E-state index contributed by atoms with van der Waals surface area (Å²) in [5.41, 5.74) is 1.60. The van der Waals surface area contributed by atoms with Crippen LogP contribution in [0, 0.1) is 6.92 Å². The number of aliphatic carboxylic acids is 1. The molecule has 3 nitrogen and oxygen atoms in total. The Morgan fingerprint density at radius 2 is 2.21 bits per heavy atom. The molecule has 1 aromatic carbocycles. The number of hydrogen-bond acceptors (Lipinski definition) is 2. The Labute approximate surface area is 82.3 Å². The number of benzene rings is 1. The fraction of sp³-hybridized carbons (Fsp3) is 0.182. The molecule has 0 aliphatic heterocycles. The predicted octanol–water partition coefficient (Wildman–Crippen LogP) is 2.19. The first-order valence-corrected chi connectivity index (χ1v) is 4.28. The number of carboxylic acid groups (broad SMARTS) is 1. The van der Waals surface area contributed by atoms with E-state index in [1.54, 1.807) is 18.2 Å². The Bertz CT molecular complexity index is 347. The van der Waals surface area contributed by atoms with Gasteiger partial charge in [-0.1, -0.05) is 24.3 Å². The lowest BCUT2D eigenvalue weighted by Gasteiger charge is -2.02. The highest BCUT2D eigenvalue weighted by Gasteiger charge is 1.99. The van der Waals surface area contributed by atoms with Crippen molar-refractivity contribution in [3.05, 3.63) is 35.4 Å². The number of rotatable bonds is 3. The van der Waals surface area contributed by atoms with Crippen LogP contribution in [0.15, 0.2) is 24.3 Å². The molecule has 0 saturated carbocycles. The minimum Gasteiger partial charge on any atom is -0.507 e. The molecular weight excluding hydrogens is 180 g/mol. The highest BCUT2D eigenvalue weighted by Crippen LogP contribution is 2.21. The van der Waals surface area contributed by atoms with Crippen LogP contribution in [0.5, 0.6) is 5.75 Å². The van der Waals surface area contributed by atoms with Crippen molar-refractivity contribution >= 4 is 12.0 Å². The van der Waals surface area contributed by atoms with E-state index in [-0.39, 0.29) is 12.2 Å². The summed E-state index contributed by atoms with van der Waals surface area (Å²) in [5.74, 6) is -0.707. The normalized spacial score (nSPS) is 10.6. The number of carboxylic acids is 1. The molecule has 0 aliphatic rings. The number of aromatic hydroxyl groups is 1. The molecule has 14 heavy (non-hydrogen) atoms. The van der Waals surface area contributed by atoms with E-state index in [9.17, 15) is 9.90 Å².